The molecule has 134 valence electrons. The van der Waals surface area contributed by atoms with Crippen LogP contribution in [-0.4, -0.2) is 66.0 Å². The number of aromatic nitrogens is 1. The van der Waals surface area contributed by atoms with E-state index in [9.17, 15) is 4.79 Å². The van der Waals surface area contributed by atoms with E-state index >= 15 is 0 Å². The molecular weight excluding hydrogens is 376 g/mol. The highest BCUT2D eigenvalue weighted by Crippen LogP contribution is 2.35. The van der Waals surface area contributed by atoms with Crippen LogP contribution in [0.3, 0.4) is 0 Å². The second kappa shape index (κ2) is 7.32. The van der Waals surface area contributed by atoms with Gasteiger partial charge in [-0.25, -0.2) is 4.98 Å². The zero-order valence-corrected chi connectivity index (χ0v) is 16.5. The molecule has 2 aromatic rings. The van der Waals surface area contributed by atoms with Gasteiger partial charge in [-0.15, -0.1) is 22.7 Å². The molecule has 0 bridgehead atoms. The molecule has 2 aromatic heterocycles. The molecule has 4 rings (SSSR count). The van der Waals surface area contributed by atoms with Gasteiger partial charge in [-0.3, -0.25) is 9.69 Å². The molecule has 8 heteroatoms. The maximum Gasteiger partial charge on any atom is 0.265 e. The molecule has 25 heavy (non-hydrogen) atoms. The van der Waals surface area contributed by atoms with Gasteiger partial charge in [0.15, 0.2) is 0 Å². The van der Waals surface area contributed by atoms with E-state index in [-0.39, 0.29) is 5.91 Å². The minimum absolute atomic E-state index is 0.126. The third kappa shape index (κ3) is 3.61. The van der Waals surface area contributed by atoms with Gasteiger partial charge in [0, 0.05) is 45.3 Å². The zero-order valence-electron chi connectivity index (χ0n) is 14.1. The molecule has 0 saturated carbocycles. The standard InChI is InChI=1S/C17H21ClN4OS2/c1-11-15(25-16(20-11)13-2-3-14(18)24-13)17(23)22-7-4-12(10-22)21-8-5-19-6-9-21/h2-3,12,19H,4-10H2,1H3. The highest BCUT2D eigenvalue weighted by Gasteiger charge is 2.32. The predicted octanol–water partition coefficient (Wildman–Crippen LogP) is 2.95. The number of carbonyl (C=O) groups is 1. The summed E-state index contributed by atoms with van der Waals surface area (Å²) >= 11 is 9.01. The zero-order chi connectivity index (χ0) is 17.4. The highest BCUT2D eigenvalue weighted by atomic mass is 35.5. The van der Waals surface area contributed by atoms with Gasteiger partial charge in [0.25, 0.3) is 5.91 Å². The summed E-state index contributed by atoms with van der Waals surface area (Å²) in [6.45, 7) is 7.84. The first-order valence-corrected chi connectivity index (χ1v) is 10.6. The molecule has 2 saturated heterocycles. The van der Waals surface area contributed by atoms with Crippen LogP contribution in [0.4, 0.5) is 0 Å². The van der Waals surface area contributed by atoms with Crippen molar-refractivity contribution in [1.29, 1.82) is 0 Å². The first kappa shape index (κ1) is 17.4. The van der Waals surface area contributed by atoms with Gasteiger partial charge >= 0.3 is 0 Å². The fourth-order valence-corrected chi connectivity index (χ4v) is 5.68. The van der Waals surface area contributed by atoms with Crippen LogP contribution in [0, 0.1) is 6.92 Å². The van der Waals surface area contributed by atoms with E-state index in [1.165, 1.54) is 22.7 Å². The number of halogens is 1. The Bertz CT molecular complexity index is 769. The van der Waals surface area contributed by atoms with Crippen molar-refractivity contribution in [3.8, 4) is 9.88 Å². The fourth-order valence-electron chi connectivity index (χ4n) is 3.54. The largest absolute Gasteiger partial charge is 0.336 e. The van der Waals surface area contributed by atoms with Crippen LogP contribution < -0.4 is 5.32 Å². The number of amides is 1. The lowest BCUT2D eigenvalue weighted by Gasteiger charge is -2.32. The summed E-state index contributed by atoms with van der Waals surface area (Å²) in [6.07, 6.45) is 1.07. The van der Waals surface area contributed by atoms with Gasteiger partial charge in [-0.2, -0.15) is 0 Å². The topological polar surface area (TPSA) is 48.5 Å². The van der Waals surface area contributed by atoms with Crippen LogP contribution in [0.2, 0.25) is 4.34 Å². The minimum atomic E-state index is 0.126. The molecule has 0 spiro atoms. The first-order valence-electron chi connectivity index (χ1n) is 8.59. The monoisotopic (exact) mass is 396 g/mol. The average molecular weight is 397 g/mol. The quantitative estimate of drug-likeness (QED) is 0.866. The number of nitrogens with one attached hydrogen (secondary N) is 1. The molecule has 2 fully saturated rings. The van der Waals surface area contributed by atoms with Gasteiger partial charge in [0.1, 0.15) is 9.88 Å². The van der Waals surface area contributed by atoms with Crippen LogP contribution >= 0.6 is 34.3 Å². The third-order valence-electron chi connectivity index (χ3n) is 4.89. The van der Waals surface area contributed by atoms with Crippen molar-refractivity contribution in [2.45, 2.75) is 19.4 Å². The van der Waals surface area contributed by atoms with Gasteiger partial charge in [0.05, 0.1) is 14.9 Å². The van der Waals surface area contributed by atoms with E-state index in [2.05, 4.69) is 15.2 Å². The maximum absolute atomic E-state index is 13.0. The lowest BCUT2D eigenvalue weighted by molar-refractivity contribution is 0.0777. The molecule has 1 unspecified atom stereocenters. The molecular formula is C17H21ClN4OS2. The Morgan fingerprint density at radius 1 is 1.28 bits per heavy atom. The number of nitrogens with zero attached hydrogens (tertiary/aromatic N) is 3. The number of thiophene rings is 1. The van der Waals surface area contributed by atoms with Crippen molar-refractivity contribution in [2.75, 3.05) is 39.3 Å². The lowest BCUT2D eigenvalue weighted by atomic mass is 10.2. The lowest BCUT2D eigenvalue weighted by Crippen LogP contribution is -2.49. The summed E-state index contributed by atoms with van der Waals surface area (Å²) in [6, 6.07) is 4.34. The molecule has 2 aliphatic rings. The van der Waals surface area contributed by atoms with Crippen molar-refractivity contribution in [3.05, 3.63) is 27.0 Å². The number of rotatable bonds is 3. The molecule has 1 N–H and O–H groups in total. The Morgan fingerprint density at radius 3 is 2.80 bits per heavy atom. The van der Waals surface area contributed by atoms with Crippen molar-refractivity contribution in [2.24, 2.45) is 0 Å². The summed E-state index contributed by atoms with van der Waals surface area (Å²) in [7, 11) is 0. The van der Waals surface area contributed by atoms with E-state index in [4.69, 9.17) is 11.6 Å². The van der Waals surface area contributed by atoms with Crippen LogP contribution in [0.5, 0.6) is 0 Å². The van der Waals surface area contributed by atoms with Gasteiger partial charge < -0.3 is 10.2 Å². The van der Waals surface area contributed by atoms with Crippen LogP contribution in [0.15, 0.2) is 12.1 Å². The molecule has 4 heterocycles. The SMILES string of the molecule is Cc1nc(-c2ccc(Cl)s2)sc1C(=O)N1CCC(N2CCNCC2)C1. The Labute approximate surface area is 160 Å². The Kier molecular flexibility index (Phi) is 5.11. The summed E-state index contributed by atoms with van der Waals surface area (Å²) in [4.78, 5) is 23.9. The number of hydrogen-bond donors (Lipinski definition) is 1. The Hall–Kier alpha value is -0.990. The van der Waals surface area contributed by atoms with Gasteiger partial charge in [-0.1, -0.05) is 11.6 Å². The molecule has 5 nitrogen and oxygen atoms in total. The number of carbonyl (C=O) groups excluding carboxylic acids is 1. The number of hydrogen-bond acceptors (Lipinski definition) is 6. The minimum Gasteiger partial charge on any atom is -0.336 e. The maximum atomic E-state index is 13.0. The molecule has 2 aliphatic heterocycles. The molecule has 1 amide bonds. The predicted molar refractivity (Wildman–Crippen MR) is 104 cm³/mol. The fraction of sp³-hybridized carbons (Fsp3) is 0.529. The van der Waals surface area contributed by atoms with Crippen molar-refractivity contribution < 1.29 is 4.79 Å². The van der Waals surface area contributed by atoms with Crippen LogP contribution in [0.1, 0.15) is 21.8 Å². The van der Waals surface area contributed by atoms with E-state index in [0.717, 1.165) is 70.5 Å². The molecule has 0 aromatic carbocycles. The van der Waals surface area contributed by atoms with E-state index in [1.807, 2.05) is 24.0 Å². The van der Waals surface area contributed by atoms with Crippen molar-refractivity contribution >= 4 is 40.2 Å². The normalized spacial score (nSPS) is 21.8. The van der Waals surface area contributed by atoms with Crippen LogP contribution in [-0.2, 0) is 0 Å². The smallest absolute Gasteiger partial charge is 0.265 e. The number of likely N-dealkylation sites (tertiary alicyclic amines) is 1. The summed E-state index contributed by atoms with van der Waals surface area (Å²) in [5, 5.41) is 4.27. The van der Waals surface area contributed by atoms with Crippen molar-refractivity contribution in [3.63, 3.8) is 0 Å². The molecule has 0 radical (unpaired) electrons. The Balaban J connectivity index is 1.47. The third-order valence-corrected chi connectivity index (χ3v) is 7.44. The second-order valence-corrected chi connectivity index (χ2v) is 9.23. The van der Waals surface area contributed by atoms with Crippen LogP contribution in [0.25, 0.3) is 9.88 Å². The number of aryl methyl sites for hydroxylation is 1. The highest BCUT2D eigenvalue weighted by molar-refractivity contribution is 7.24. The molecule has 1 atom stereocenters. The van der Waals surface area contributed by atoms with Gasteiger partial charge in [0.2, 0.25) is 0 Å². The molecule has 0 aliphatic carbocycles. The van der Waals surface area contributed by atoms with E-state index in [1.54, 1.807) is 0 Å². The number of piperazine rings is 1. The van der Waals surface area contributed by atoms with E-state index in [0.29, 0.717) is 6.04 Å². The summed E-state index contributed by atoms with van der Waals surface area (Å²) in [5.74, 6) is 0.126. The second-order valence-electron chi connectivity index (χ2n) is 6.52. The first-order chi connectivity index (χ1) is 12.1. The van der Waals surface area contributed by atoms with Crippen molar-refractivity contribution in [1.82, 2.24) is 20.1 Å². The summed E-state index contributed by atoms with van der Waals surface area (Å²) < 4.78 is 0.745. The van der Waals surface area contributed by atoms with Gasteiger partial charge in [-0.05, 0) is 25.5 Å². The Morgan fingerprint density at radius 2 is 2.08 bits per heavy atom. The average Bonchev–Trinajstić information content (AvgIpc) is 3.34. The van der Waals surface area contributed by atoms with E-state index < -0.39 is 0 Å². The number of thiazole rings is 1. The summed E-state index contributed by atoms with van der Waals surface area (Å²) in [5.41, 5.74) is 0.820.